The number of nitrogens with zero attached hydrogens (tertiary/aromatic N) is 1. The number of aryl methyl sites for hydroxylation is 1. The summed E-state index contributed by atoms with van der Waals surface area (Å²) < 4.78 is 27.7. The predicted octanol–water partition coefficient (Wildman–Crippen LogP) is 1.72. The molecule has 2 N–H and O–H groups in total. The maximum atomic E-state index is 11.1. The molecular weight excluding hydrogens is 284 g/mol. The molecule has 2 rings (SSSR count). The molecule has 7 heteroatoms. The standard InChI is InChI=1S/C12H14N2O3S2/c1-9-12(18-8-14-9)6-7-17-10-2-4-11(5-3-10)19(13,15)16/h2-5,8H,6-7H2,1H3,(H2,13,15,16). The predicted molar refractivity (Wildman–Crippen MR) is 73.9 cm³/mol. The molecular formula is C12H14N2O3S2. The van der Waals surface area contributed by atoms with Crippen LogP contribution in [0.5, 0.6) is 5.75 Å². The summed E-state index contributed by atoms with van der Waals surface area (Å²) in [6, 6.07) is 6.06. The van der Waals surface area contributed by atoms with Gasteiger partial charge in [-0.1, -0.05) is 0 Å². The Kier molecular flexibility index (Phi) is 4.18. The van der Waals surface area contributed by atoms with Gasteiger partial charge in [-0.15, -0.1) is 11.3 Å². The van der Waals surface area contributed by atoms with Gasteiger partial charge in [-0.3, -0.25) is 0 Å². The summed E-state index contributed by atoms with van der Waals surface area (Å²) >= 11 is 1.60. The van der Waals surface area contributed by atoms with E-state index in [1.165, 1.54) is 17.0 Å². The number of nitrogens with two attached hydrogens (primary N) is 1. The van der Waals surface area contributed by atoms with Crippen molar-refractivity contribution in [1.29, 1.82) is 0 Å². The molecule has 0 saturated heterocycles. The van der Waals surface area contributed by atoms with Crippen LogP contribution in [-0.2, 0) is 16.4 Å². The number of hydrogen-bond donors (Lipinski definition) is 1. The molecule has 0 atom stereocenters. The Morgan fingerprint density at radius 2 is 2.00 bits per heavy atom. The van der Waals surface area contributed by atoms with Crippen LogP contribution in [0.1, 0.15) is 10.6 Å². The van der Waals surface area contributed by atoms with Gasteiger partial charge in [0.1, 0.15) is 5.75 Å². The molecule has 0 saturated carbocycles. The van der Waals surface area contributed by atoms with E-state index in [4.69, 9.17) is 9.88 Å². The molecule has 1 heterocycles. The third-order valence-corrected chi connectivity index (χ3v) is 4.52. The van der Waals surface area contributed by atoms with Crippen molar-refractivity contribution in [2.75, 3.05) is 6.61 Å². The SMILES string of the molecule is Cc1ncsc1CCOc1ccc(S(N)(=O)=O)cc1. The van der Waals surface area contributed by atoms with Gasteiger partial charge in [-0.05, 0) is 31.2 Å². The van der Waals surface area contributed by atoms with Gasteiger partial charge in [0, 0.05) is 11.3 Å². The molecule has 0 amide bonds. The first kappa shape index (κ1) is 14.0. The lowest BCUT2D eigenvalue weighted by Gasteiger charge is -2.06. The first-order chi connectivity index (χ1) is 8.97. The average Bonchev–Trinajstić information content (AvgIpc) is 2.75. The van der Waals surface area contributed by atoms with Crippen molar-refractivity contribution >= 4 is 21.4 Å². The zero-order chi connectivity index (χ0) is 13.9. The van der Waals surface area contributed by atoms with Crippen LogP contribution in [0.25, 0.3) is 0 Å². The minimum atomic E-state index is -3.64. The summed E-state index contributed by atoms with van der Waals surface area (Å²) in [5, 5.41) is 5.01. The van der Waals surface area contributed by atoms with Gasteiger partial charge in [0.15, 0.2) is 0 Å². The molecule has 19 heavy (non-hydrogen) atoms. The highest BCUT2D eigenvalue weighted by Gasteiger charge is 2.07. The maximum absolute atomic E-state index is 11.1. The minimum absolute atomic E-state index is 0.0816. The van der Waals surface area contributed by atoms with Gasteiger partial charge >= 0.3 is 0 Å². The Labute approximate surface area is 116 Å². The minimum Gasteiger partial charge on any atom is -0.493 e. The first-order valence-corrected chi connectivity index (χ1v) is 8.04. The summed E-state index contributed by atoms with van der Waals surface area (Å²) in [6.45, 7) is 2.49. The highest BCUT2D eigenvalue weighted by molar-refractivity contribution is 7.89. The van der Waals surface area contributed by atoms with E-state index in [0.29, 0.717) is 12.4 Å². The van der Waals surface area contributed by atoms with Crippen LogP contribution in [0, 0.1) is 6.92 Å². The molecule has 0 fully saturated rings. The third-order valence-electron chi connectivity index (χ3n) is 2.59. The lowest BCUT2D eigenvalue weighted by atomic mass is 10.3. The fourth-order valence-electron chi connectivity index (χ4n) is 1.55. The molecule has 0 aliphatic heterocycles. The Morgan fingerprint density at radius 1 is 1.32 bits per heavy atom. The second-order valence-corrected chi connectivity index (χ2v) is 6.48. The number of ether oxygens (including phenoxy) is 1. The fraction of sp³-hybridized carbons (Fsp3) is 0.250. The lowest BCUT2D eigenvalue weighted by molar-refractivity contribution is 0.322. The monoisotopic (exact) mass is 298 g/mol. The number of hydrogen-bond acceptors (Lipinski definition) is 5. The first-order valence-electron chi connectivity index (χ1n) is 5.61. The summed E-state index contributed by atoms with van der Waals surface area (Å²) in [5.74, 6) is 0.620. The molecule has 102 valence electrons. The van der Waals surface area contributed by atoms with E-state index in [9.17, 15) is 8.42 Å². The number of aromatic nitrogens is 1. The number of sulfonamides is 1. The Morgan fingerprint density at radius 3 is 2.53 bits per heavy atom. The Bertz CT molecular complexity index is 648. The van der Waals surface area contributed by atoms with Crippen LogP contribution in [0.15, 0.2) is 34.7 Å². The van der Waals surface area contributed by atoms with E-state index in [2.05, 4.69) is 4.98 Å². The Hall–Kier alpha value is -1.44. The second-order valence-electron chi connectivity index (χ2n) is 3.98. The van der Waals surface area contributed by atoms with Crippen LogP contribution in [0.4, 0.5) is 0 Å². The zero-order valence-corrected chi connectivity index (χ0v) is 12.0. The van der Waals surface area contributed by atoms with Crippen molar-refractivity contribution in [2.24, 2.45) is 5.14 Å². The van der Waals surface area contributed by atoms with Crippen LogP contribution in [-0.4, -0.2) is 20.0 Å². The zero-order valence-electron chi connectivity index (χ0n) is 10.4. The van der Waals surface area contributed by atoms with E-state index in [-0.39, 0.29) is 4.90 Å². The van der Waals surface area contributed by atoms with Crippen molar-refractivity contribution in [3.8, 4) is 5.75 Å². The van der Waals surface area contributed by atoms with Crippen molar-refractivity contribution in [2.45, 2.75) is 18.2 Å². The number of rotatable bonds is 5. The molecule has 0 spiro atoms. The summed E-state index contributed by atoms with van der Waals surface area (Å²) in [5.41, 5.74) is 2.84. The second kappa shape index (κ2) is 5.68. The van der Waals surface area contributed by atoms with Gasteiger partial charge in [0.2, 0.25) is 10.0 Å². The molecule has 5 nitrogen and oxygen atoms in total. The maximum Gasteiger partial charge on any atom is 0.238 e. The van der Waals surface area contributed by atoms with Crippen molar-refractivity contribution in [3.63, 3.8) is 0 Å². The highest BCUT2D eigenvalue weighted by Crippen LogP contribution is 2.17. The molecule has 0 aliphatic carbocycles. The smallest absolute Gasteiger partial charge is 0.238 e. The van der Waals surface area contributed by atoms with Crippen LogP contribution < -0.4 is 9.88 Å². The van der Waals surface area contributed by atoms with Gasteiger partial charge < -0.3 is 4.74 Å². The number of primary sulfonamides is 1. The summed E-state index contributed by atoms with van der Waals surface area (Å²) in [4.78, 5) is 5.44. The summed E-state index contributed by atoms with van der Waals surface area (Å²) in [6.07, 6.45) is 0.785. The van der Waals surface area contributed by atoms with E-state index in [0.717, 1.165) is 12.1 Å². The van der Waals surface area contributed by atoms with E-state index in [1.807, 2.05) is 12.4 Å². The van der Waals surface area contributed by atoms with E-state index >= 15 is 0 Å². The molecule has 2 aromatic rings. The number of thiazole rings is 1. The van der Waals surface area contributed by atoms with Crippen molar-refractivity contribution < 1.29 is 13.2 Å². The van der Waals surface area contributed by atoms with E-state index in [1.54, 1.807) is 23.5 Å². The highest BCUT2D eigenvalue weighted by atomic mass is 32.2. The fourth-order valence-corrected chi connectivity index (χ4v) is 2.83. The van der Waals surface area contributed by atoms with Gasteiger partial charge in [0.25, 0.3) is 0 Å². The van der Waals surface area contributed by atoms with Crippen LogP contribution in [0.2, 0.25) is 0 Å². The van der Waals surface area contributed by atoms with Gasteiger partial charge in [-0.2, -0.15) is 0 Å². The molecule has 0 bridgehead atoms. The lowest BCUT2D eigenvalue weighted by Crippen LogP contribution is -2.11. The average molecular weight is 298 g/mol. The molecule has 1 aromatic heterocycles. The largest absolute Gasteiger partial charge is 0.493 e. The van der Waals surface area contributed by atoms with Gasteiger partial charge in [-0.25, -0.2) is 18.5 Å². The molecule has 1 aromatic carbocycles. The Balaban J connectivity index is 1.92. The van der Waals surface area contributed by atoms with Crippen LogP contribution >= 0.6 is 11.3 Å². The quantitative estimate of drug-likeness (QED) is 0.911. The van der Waals surface area contributed by atoms with Crippen LogP contribution in [0.3, 0.4) is 0 Å². The molecule has 0 unspecified atom stereocenters. The van der Waals surface area contributed by atoms with Gasteiger partial charge in [0.05, 0.1) is 22.7 Å². The third kappa shape index (κ3) is 3.76. The molecule has 0 aliphatic rings. The normalized spacial score (nSPS) is 11.5. The summed E-state index contributed by atoms with van der Waals surface area (Å²) in [7, 11) is -3.64. The van der Waals surface area contributed by atoms with Crippen molar-refractivity contribution in [3.05, 3.63) is 40.3 Å². The number of benzene rings is 1. The topological polar surface area (TPSA) is 82.3 Å². The van der Waals surface area contributed by atoms with E-state index < -0.39 is 10.0 Å². The molecule has 0 radical (unpaired) electrons. The van der Waals surface area contributed by atoms with Crippen molar-refractivity contribution in [1.82, 2.24) is 4.98 Å².